The van der Waals surface area contributed by atoms with Gasteiger partial charge in [0.1, 0.15) is 0 Å². The number of rotatable bonds is 6. The number of likely N-dealkylation sites (N-methyl/N-ethyl adjacent to an activating group) is 1. The summed E-state index contributed by atoms with van der Waals surface area (Å²) < 4.78 is 0. The van der Waals surface area contributed by atoms with Crippen LogP contribution in [0.1, 0.15) is 24.1 Å². The Morgan fingerprint density at radius 2 is 1.86 bits per heavy atom. The third-order valence-electron chi connectivity index (χ3n) is 3.77. The van der Waals surface area contributed by atoms with E-state index >= 15 is 0 Å². The Morgan fingerprint density at radius 3 is 2.38 bits per heavy atom. The average Bonchev–Trinajstić information content (AvgIpc) is 2.52. The van der Waals surface area contributed by atoms with Gasteiger partial charge in [0.2, 0.25) is 0 Å². The van der Waals surface area contributed by atoms with Crippen molar-refractivity contribution in [1.82, 2.24) is 0 Å². The van der Waals surface area contributed by atoms with Crippen molar-refractivity contribution in [2.24, 2.45) is 5.73 Å². The van der Waals surface area contributed by atoms with Crippen LogP contribution in [0.2, 0.25) is 0 Å². The van der Waals surface area contributed by atoms with Crippen molar-refractivity contribution in [3.8, 4) is 0 Å². The molecule has 0 aromatic heterocycles. The van der Waals surface area contributed by atoms with Gasteiger partial charge in [-0.2, -0.15) is 0 Å². The lowest BCUT2D eigenvalue weighted by atomic mass is 10.0. The van der Waals surface area contributed by atoms with E-state index in [-0.39, 0.29) is 6.04 Å². The van der Waals surface area contributed by atoms with Crippen molar-refractivity contribution >= 4 is 17.4 Å². The Bertz CT molecular complexity index is 566. The molecular weight excluding hydrogens is 276 g/mol. The van der Waals surface area contributed by atoms with Gasteiger partial charge in [-0.05, 0) is 55.5 Å². The van der Waals surface area contributed by atoms with E-state index in [0.717, 1.165) is 6.54 Å². The van der Waals surface area contributed by atoms with Crippen LogP contribution in [0.15, 0.2) is 53.4 Å². The molecule has 21 heavy (non-hydrogen) atoms. The van der Waals surface area contributed by atoms with Gasteiger partial charge in [-0.3, -0.25) is 0 Å². The number of aryl methyl sites for hydroxylation is 1. The first-order valence-corrected chi connectivity index (χ1v) is 8.59. The number of nitrogens with two attached hydrogens (primary N) is 1. The predicted octanol–water partition coefficient (Wildman–Crippen LogP) is 4.24. The minimum Gasteiger partial charge on any atom is -0.363 e. The molecule has 0 fully saturated rings. The van der Waals surface area contributed by atoms with Gasteiger partial charge in [-0.1, -0.05) is 24.3 Å². The summed E-state index contributed by atoms with van der Waals surface area (Å²) in [5.41, 5.74) is 9.87. The van der Waals surface area contributed by atoms with E-state index in [1.54, 1.807) is 11.8 Å². The van der Waals surface area contributed by atoms with Gasteiger partial charge in [0, 0.05) is 23.7 Å². The van der Waals surface area contributed by atoms with Gasteiger partial charge >= 0.3 is 0 Å². The molecule has 0 aliphatic rings. The number of anilines is 1. The highest BCUT2D eigenvalue weighted by Crippen LogP contribution is 2.28. The molecule has 0 aliphatic carbocycles. The van der Waals surface area contributed by atoms with Crippen LogP contribution >= 0.6 is 11.8 Å². The van der Waals surface area contributed by atoms with Gasteiger partial charge in [0.15, 0.2) is 0 Å². The smallest absolute Gasteiger partial charge is 0.0664 e. The third-order valence-corrected chi connectivity index (χ3v) is 4.52. The number of thioether (sulfide) groups is 1. The molecule has 2 rings (SSSR count). The van der Waals surface area contributed by atoms with Crippen molar-refractivity contribution < 1.29 is 0 Å². The van der Waals surface area contributed by atoms with Crippen molar-refractivity contribution in [3.05, 3.63) is 59.7 Å². The van der Waals surface area contributed by atoms with Gasteiger partial charge in [0.25, 0.3) is 0 Å². The molecular formula is C18H24N2S. The lowest BCUT2D eigenvalue weighted by Crippen LogP contribution is -2.33. The fourth-order valence-electron chi connectivity index (χ4n) is 2.66. The fourth-order valence-corrected chi connectivity index (χ4v) is 3.07. The summed E-state index contributed by atoms with van der Waals surface area (Å²) in [4.78, 5) is 3.66. The summed E-state index contributed by atoms with van der Waals surface area (Å²) in [5, 5.41) is 0. The predicted molar refractivity (Wildman–Crippen MR) is 94.2 cm³/mol. The molecule has 0 amide bonds. The molecule has 0 saturated heterocycles. The Balaban J connectivity index is 2.32. The molecule has 2 N–H and O–H groups in total. The van der Waals surface area contributed by atoms with Crippen molar-refractivity contribution in [2.75, 3.05) is 24.2 Å². The van der Waals surface area contributed by atoms with Crippen LogP contribution in [0.25, 0.3) is 0 Å². The normalized spacial score (nSPS) is 12.2. The number of hydrogen-bond acceptors (Lipinski definition) is 3. The zero-order chi connectivity index (χ0) is 15.2. The lowest BCUT2D eigenvalue weighted by Gasteiger charge is -2.32. The molecule has 0 aliphatic heterocycles. The Morgan fingerprint density at radius 1 is 1.14 bits per heavy atom. The van der Waals surface area contributed by atoms with E-state index in [1.807, 2.05) is 0 Å². The van der Waals surface area contributed by atoms with E-state index in [4.69, 9.17) is 5.73 Å². The van der Waals surface area contributed by atoms with Crippen LogP contribution in [-0.2, 0) is 0 Å². The highest BCUT2D eigenvalue weighted by atomic mass is 32.2. The van der Waals surface area contributed by atoms with Crippen molar-refractivity contribution in [3.63, 3.8) is 0 Å². The lowest BCUT2D eigenvalue weighted by molar-refractivity contribution is 0.643. The van der Waals surface area contributed by atoms with Crippen molar-refractivity contribution in [2.45, 2.75) is 24.8 Å². The highest BCUT2D eigenvalue weighted by molar-refractivity contribution is 7.98. The summed E-state index contributed by atoms with van der Waals surface area (Å²) in [5.74, 6) is 0. The number of nitrogens with zero attached hydrogens (tertiary/aromatic N) is 1. The molecule has 0 spiro atoms. The molecule has 0 bridgehead atoms. The van der Waals surface area contributed by atoms with Gasteiger partial charge in [-0.15, -0.1) is 11.8 Å². The monoisotopic (exact) mass is 300 g/mol. The zero-order valence-corrected chi connectivity index (χ0v) is 13.9. The second-order valence-corrected chi connectivity index (χ2v) is 6.03. The van der Waals surface area contributed by atoms with Crippen LogP contribution in [0.4, 0.5) is 5.69 Å². The van der Waals surface area contributed by atoms with Crippen LogP contribution in [0.3, 0.4) is 0 Å². The molecule has 2 aromatic rings. The second-order valence-electron chi connectivity index (χ2n) is 5.15. The van der Waals surface area contributed by atoms with E-state index in [9.17, 15) is 0 Å². The molecule has 2 nitrogen and oxygen atoms in total. The van der Waals surface area contributed by atoms with Gasteiger partial charge in [0.05, 0.1) is 6.04 Å². The standard InChI is InChI=1S/C18H24N2S/c1-4-20(16-7-5-6-14(2)12-16)18(13-19)15-8-10-17(21-3)11-9-15/h5-12,18H,4,13,19H2,1-3H3. The molecule has 1 unspecified atom stereocenters. The second kappa shape index (κ2) is 7.53. The Labute approximate surface area is 132 Å². The molecule has 0 heterocycles. The van der Waals surface area contributed by atoms with Crippen molar-refractivity contribution in [1.29, 1.82) is 0 Å². The largest absolute Gasteiger partial charge is 0.363 e. The van der Waals surface area contributed by atoms with E-state index in [2.05, 4.69) is 73.5 Å². The molecule has 0 radical (unpaired) electrons. The molecule has 3 heteroatoms. The topological polar surface area (TPSA) is 29.3 Å². The molecule has 112 valence electrons. The summed E-state index contributed by atoms with van der Waals surface area (Å²) in [7, 11) is 0. The summed E-state index contributed by atoms with van der Waals surface area (Å²) >= 11 is 1.76. The first-order valence-electron chi connectivity index (χ1n) is 7.37. The van der Waals surface area contributed by atoms with Crippen LogP contribution in [0, 0.1) is 6.92 Å². The quantitative estimate of drug-likeness (QED) is 0.809. The minimum atomic E-state index is 0.215. The number of benzene rings is 2. The third kappa shape index (κ3) is 3.80. The molecule has 1 atom stereocenters. The van der Waals surface area contributed by atoms with Crippen LogP contribution in [0.5, 0.6) is 0 Å². The van der Waals surface area contributed by atoms with E-state index in [0.29, 0.717) is 6.54 Å². The van der Waals surface area contributed by atoms with Gasteiger partial charge < -0.3 is 10.6 Å². The van der Waals surface area contributed by atoms with E-state index in [1.165, 1.54) is 21.7 Å². The minimum absolute atomic E-state index is 0.215. The van der Waals surface area contributed by atoms with E-state index < -0.39 is 0 Å². The summed E-state index contributed by atoms with van der Waals surface area (Å²) in [6.07, 6.45) is 2.10. The van der Waals surface area contributed by atoms with Crippen LogP contribution in [-0.4, -0.2) is 19.3 Å². The zero-order valence-electron chi connectivity index (χ0n) is 13.0. The average molecular weight is 300 g/mol. The maximum atomic E-state index is 6.08. The fraction of sp³-hybridized carbons (Fsp3) is 0.333. The number of hydrogen-bond donors (Lipinski definition) is 1. The maximum Gasteiger partial charge on any atom is 0.0664 e. The maximum absolute atomic E-state index is 6.08. The Kier molecular flexibility index (Phi) is 5.71. The highest BCUT2D eigenvalue weighted by Gasteiger charge is 2.18. The SMILES string of the molecule is CCN(c1cccc(C)c1)C(CN)c1ccc(SC)cc1. The van der Waals surface area contributed by atoms with Gasteiger partial charge in [-0.25, -0.2) is 0 Å². The first-order chi connectivity index (χ1) is 10.2. The Hall–Kier alpha value is -1.45. The van der Waals surface area contributed by atoms with Crippen LogP contribution < -0.4 is 10.6 Å². The summed E-state index contributed by atoms with van der Waals surface area (Å²) in [6, 6.07) is 17.6. The molecule has 0 saturated carbocycles. The molecule has 2 aromatic carbocycles. The first kappa shape index (κ1) is 15.9. The summed E-state index contributed by atoms with van der Waals surface area (Å²) in [6.45, 7) is 5.86.